The van der Waals surface area contributed by atoms with Crippen LogP contribution in [-0.2, 0) is 0 Å². The van der Waals surface area contributed by atoms with Crippen molar-refractivity contribution in [2.45, 2.75) is 6.92 Å². The van der Waals surface area contributed by atoms with Gasteiger partial charge >= 0.3 is 0 Å². The first-order valence-electron chi connectivity index (χ1n) is 5.50. The van der Waals surface area contributed by atoms with Crippen LogP contribution in [0.5, 0.6) is 0 Å². The normalized spacial score (nSPS) is 10.1. The number of aryl methyl sites for hydroxylation is 1. The van der Waals surface area contributed by atoms with E-state index in [-0.39, 0.29) is 5.91 Å². The van der Waals surface area contributed by atoms with Gasteiger partial charge < -0.3 is 11.1 Å². The maximum Gasteiger partial charge on any atom is 0.255 e. The number of hydrogen-bond acceptors (Lipinski definition) is 2. The molecule has 0 radical (unpaired) electrons. The van der Waals surface area contributed by atoms with E-state index in [1.807, 2.05) is 13.0 Å². The highest BCUT2D eigenvalue weighted by Crippen LogP contribution is 2.27. The summed E-state index contributed by atoms with van der Waals surface area (Å²) in [6.07, 6.45) is 0. The molecule has 0 spiro atoms. The third-order valence-electron chi connectivity index (χ3n) is 2.64. The fourth-order valence-corrected chi connectivity index (χ4v) is 1.83. The van der Waals surface area contributed by atoms with Gasteiger partial charge in [0.05, 0.1) is 10.7 Å². The number of amides is 1. The fourth-order valence-electron chi connectivity index (χ4n) is 1.57. The SMILES string of the molecule is Cc1cc(Cl)c(NC(=O)c2ccccc2)cc1N. The smallest absolute Gasteiger partial charge is 0.255 e. The summed E-state index contributed by atoms with van der Waals surface area (Å²) in [7, 11) is 0. The van der Waals surface area contributed by atoms with Gasteiger partial charge in [0.25, 0.3) is 5.91 Å². The van der Waals surface area contributed by atoms with E-state index < -0.39 is 0 Å². The van der Waals surface area contributed by atoms with Crippen molar-refractivity contribution in [1.29, 1.82) is 0 Å². The number of nitrogens with one attached hydrogen (secondary N) is 1. The highest BCUT2D eigenvalue weighted by atomic mass is 35.5. The van der Waals surface area contributed by atoms with E-state index in [1.54, 1.807) is 36.4 Å². The van der Waals surface area contributed by atoms with Gasteiger partial charge in [-0.3, -0.25) is 4.79 Å². The van der Waals surface area contributed by atoms with Crippen LogP contribution < -0.4 is 11.1 Å². The molecule has 0 aliphatic carbocycles. The molecule has 3 nitrogen and oxygen atoms in total. The average Bonchev–Trinajstić information content (AvgIpc) is 2.37. The van der Waals surface area contributed by atoms with Crippen LogP contribution in [0.2, 0.25) is 5.02 Å². The quantitative estimate of drug-likeness (QED) is 0.812. The number of carbonyl (C=O) groups is 1. The molecule has 0 aliphatic rings. The Balaban J connectivity index is 2.25. The molecule has 0 saturated heterocycles. The minimum absolute atomic E-state index is 0.208. The molecule has 0 atom stereocenters. The summed E-state index contributed by atoms with van der Waals surface area (Å²) in [4.78, 5) is 12.0. The van der Waals surface area contributed by atoms with Crippen LogP contribution in [-0.4, -0.2) is 5.91 Å². The Bertz CT molecular complexity index is 582. The summed E-state index contributed by atoms with van der Waals surface area (Å²) in [5, 5.41) is 3.22. The van der Waals surface area contributed by atoms with Crippen LogP contribution in [0.1, 0.15) is 15.9 Å². The summed E-state index contributed by atoms with van der Waals surface area (Å²) >= 11 is 6.06. The number of halogens is 1. The van der Waals surface area contributed by atoms with Crippen molar-refractivity contribution in [3.8, 4) is 0 Å². The molecule has 4 heteroatoms. The third-order valence-corrected chi connectivity index (χ3v) is 2.95. The van der Waals surface area contributed by atoms with Crippen LogP contribution in [0.4, 0.5) is 11.4 Å². The first kappa shape index (κ1) is 12.5. The van der Waals surface area contributed by atoms with Gasteiger partial charge in [0, 0.05) is 11.3 Å². The number of benzene rings is 2. The van der Waals surface area contributed by atoms with Crippen molar-refractivity contribution >= 4 is 28.9 Å². The van der Waals surface area contributed by atoms with Gasteiger partial charge in [-0.15, -0.1) is 0 Å². The summed E-state index contributed by atoms with van der Waals surface area (Å²) in [5.41, 5.74) is 8.38. The first-order chi connectivity index (χ1) is 8.58. The van der Waals surface area contributed by atoms with Gasteiger partial charge in [0.2, 0.25) is 0 Å². The van der Waals surface area contributed by atoms with Crippen molar-refractivity contribution in [1.82, 2.24) is 0 Å². The molecule has 18 heavy (non-hydrogen) atoms. The van der Waals surface area contributed by atoms with E-state index >= 15 is 0 Å². The molecule has 2 aromatic rings. The summed E-state index contributed by atoms with van der Waals surface area (Å²) in [6, 6.07) is 12.3. The summed E-state index contributed by atoms with van der Waals surface area (Å²) in [6.45, 7) is 1.87. The monoisotopic (exact) mass is 260 g/mol. The van der Waals surface area contributed by atoms with Gasteiger partial charge in [0.15, 0.2) is 0 Å². The zero-order chi connectivity index (χ0) is 13.1. The Kier molecular flexibility index (Phi) is 3.53. The van der Waals surface area contributed by atoms with E-state index in [4.69, 9.17) is 17.3 Å². The van der Waals surface area contributed by atoms with Gasteiger partial charge in [-0.05, 0) is 36.8 Å². The van der Waals surface area contributed by atoms with Crippen molar-refractivity contribution in [3.05, 3.63) is 58.6 Å². The number of nitrogen functional groups attached to an aromatic ring is 1. The lowest BCUT2D eigenvalue weighted by atomic mass is 10.1. The Hall–Kier alpha value is -2.00. The van der Waals surface area contributed by atoms with Gasteiger partial charge in [0.1, 0.15) is 0 Å². The van der Waals surface area contributed by atoms with Crippen molar-refractivity contribution in [2.24, 2.45) is 0 Å². The third kappa shape index (κ3) is 2.63. The van der Waals surface area contributed by atoms with Gasteiger partial charge in [-0.1, -0.05) is 29.8 Å². The van der Waals surface area contributed by atoms with Crippen LogP contribution in [0.15, 0.2) is 42.5 Å². The number of anilines is 2. The molecule has 0 fully saturated rings. The lowest BCUT2D eigenvalue weighted by Gasteiger charge is -2.10. The highest BCUT2D eigenvalue weighted by Gasteiger charge is 2.09. The molecule has 0 aliphatic heterocycles. The largest absolute Gasteiger partial charge is 0.398 e. The average molecular weight is 261 g/mol. The minimum Gasteiger partial charge on any atom is -0.398 e. The Morgan fingerprint density at radius 2 is 1.89 bits per heavy atom. The first-order valence-corrected chi connectivity index (χ1v) is 5.88. The molecule has 0 aromatic heterocycles. The summed E-state index contributed by atoms with van der Waals surface area (Å²) < 4.78 is 0. The van der Waals surface area contributed by atoms with Gasteiger partial charge in [-0.25, -0.2) is 0 Å². The Morgan fingerprint density at radius 3 is 2.56 bits per heavy atom. The van der Waals surface area contributed by atoms with Crippen LogP contribution >= 0.6 is 11.6 Å². The van der Waals surface area contributed by atoms with E-state index in [0.29, 0.717) is 22.0 Å². The lowest BCUT2D eigenvalue weighted by Crippen LogP contribution is -2.12. The van der Waals surface area contributed by atoms with Crippen molar-refractivity contribution in [3.63, 3.8) is 0 Å². The van der Waals surface area contributed by atoms with E-state index in [9.17, 15) is 4.79 Å². The molecule has 0 bridgehead atoms. The predicted octanol–water partition coefficient (Wildman–Crippen LogP) is 3.48. The molecule has 0 heterocycles. The summed E-state index contributed by atoms with van der Waals surface area (Å²) in [5.74, 6) is -0.208. The minimum atomic E-state index is -0.208. The molecule has 0 saturated carbocycles. The van der Waals surface area contributed by atoms with E-state index in [2.05, 4.69) is 5.32 Å². The zero-order valence-electron chi connectivity index (χ0n) is 9.91. The standard InChI is InChI=1S/C14H13ClN2O/c1-9-7-11(15)13(8-12(9)16)17-14(18)10-5-3-2-4-6-10/h2-8H,16H2,1H3,(H,17,18). The molecule has 1 amide bonds. The highest BCUT2D eigenvalue weighted by molar-refractivity contribution is 6.34. The molecular weight excluding hydrogens is 248 g/mol. The number of nitrogens with two attached hydrogens (primary N) is 1. The molecule has 3 N–H and O–H groups in total. The van der Waals surface area contributed by atoms with Gasteiger partial charge in [-0.2, -0.15) is 0 Å². The molecule has 92 valence electrons. The van der Waals surface area contributed by atoms with Crippen LogP contribution in [0, 0.1) is 6.92 Å². The van der Waals surface area contributed by atoms with Crippen LogP contribution in [0.25, 0.3) is 0 Å². The number of carbonyl (C=O) groups excluding carboxylic acids is 1. The molecule has 2 rings (SSSR count). The van der Waals surface area contributed by atoms with Crippen LogP contribution in [0.3, 0.4) is 0 Å². The topological polar surface area (TPSA) is 55.1 Å². The second-order valence-electron chi connectivity index (χ2n) is 4.01. The lowest BCUT2D eigenvalue weighted by molar-refractivity contribution is 0.102. The fraction of sp³-hybridized carbons (Fsp3) is 0.0714. The second kappa shape index (κ2) is 5.10. The zero-order valence-corrected chi connectivity index (χ0v) is 10.7. The molecular formula is C14H13ClN2O. The Morgan fingerprint density at radius 1 is 1.22 bits per heavy atom. The maximum absolute atomic E-state index is 12.0. The van der Waals surface area contributed by atoms with E-state index in [1.165, 1.54) is 0 Å². The molecule has 0 unspecified atom stereocenters. The van der Waals surface area contributed by atoms with Crippen molar-refractivity contribution in [2.75, 3.05) is 11.1 Å². The Labute approximate surface area is 111 Å². The molecule has 2 aromatic carbocycles. The maximum atomic E-state index is 12.0. The van der Waals surface area contributed by atoms with Crippen molar-refractivity contribution < 1.29 is 4.79 Å². The van der Waals surface area contributed by atoms with E-state index in [0.717, 1.165) is 5.56 Å². The number of rotatable bonds is 2. The number of hydrogen-bond donors (Lipinski definition) is 2. The predicted molar refractivity (Wildman–Crippen MR) is 75.0 cm³/mol. The second-order valence-corrected chi connectivity index (χ2v) is 4.42.